The molecule has 5 rings (SSSR count). The molecule has 0 radical (unpaired) electrons. The van der Waals surface area contributed by atoms with Crippen molar-refractivity contribution in [1.82, 2.24) is 19.8 Å². The monoisotopic (exact) mass is 609 g/mol. The number of hydrogen-bond acceptors (Lipinski definition) is 9. The summed E-state index contributed by atoms with van der Waals surface area (Å²) in [6.45, 7) is 9.93. The lowest BCUT2D eigenvalue weighted by Gasteiger charge is -2.40. The van der Waals surface area contributed by atoms with Gasteiger partial charge in [-0.05, 0) is 60.6 Å². The summed E-state index contributed by atoms with van der Waals surface area (Å²) in [6, 6.07) is 7.71. The van der Waals surface area contributed by atoms with Gasteiger partial charge in [0.05, 0.1) is 18.3 Å². The number of β-amino-alcohol motifs (C(OH)–C–C–N with tert-alkyl or cyclic N) is 1. The van der Waals surface area contributed by atoms with Crippen LogP contribution in [-0.4, -0.2) is 74.9 Å². The largest absolute Gasteiger partial charge is 0.485 e. The van der Waals surface area contributed by atoms with Crippen molar-refractivity contribution in [2.75, 3.05) is 31.5 Å². The number of fused-ring (bicyclic) bond motifs is 1. The van der Waals surface area contributed by atoms with Crippen LogP contribution in [0.25, 0.3) is 0 Å². The standard InChI is InChI=1S/C32H41N5O5.H2S/c1-21(2)12-32(40)37-16-25(17-37)35-31-13-23(8-10-34-31)29(39)6-5-26(38)18-36-11-9-28-22(3)30(7-4-24(28)15-36)41-19-27-14-33-20-42-27;/h4,7-8,10,13-14,20-21,25-26,38H,5-6,9,11-12,15-19H2,1-3H3,(H,34,35);1H2/t26-;/m0./s1. The van der Waals surface area contributed by atoms with Crippen LogP contribution in [0.15, 0.2) is 47.5 Å². The van der Waals surface area contributed by atoms with Crippen molar-refractivity contribution in [2.24, 2.45) is 5.92 Å². The highest BCUT2D eigenvalue weighted by Gasteiger charge is 2.31. The highest BCUT2D eigenvalue weighted by Crippen LogP contribution is 2.30. The van der Waals surface area contributed by atoms with Crippen LogP contribution in [0.4, 0.5) is 5.82 Å². The summed E-state index contributed by atoms with van der Waals surface area (Å²) in [7, 11) is 0. The Morgan fingerprint density at radius 1 is 1.23 bits per heavy atom. The number of ketones is 1. The fraction of sp³-hybridized carbons (Fsp3) is 0.500. The van der Waals surface area contributed by atoms with E-state index < -0.39 is 6.10 Å². The van der Waals surface area contributed by atoms with Crippen molar-refractivity contribution in [3.63, 3.8) is 0 Å². The number of oxazole rings is 1. The van der Waals surface area contributed by atoms with Gasteiger partial charge in [-0.15, -0.1) is 0 Å². The number of rotatable bonds is 13. The predicted octanol–water partition coefficient (Wildman–Crippen LogP) is 4.12. The van der Waals surface area contributed by atoms with Crippen molar-refractivity contribution in [3.05, 3.63) is 71.1 Å². The maximum absolute atomic E-state index is 12.9. The maximum atomic E-state index is 12.9. The van der Waals surface area contributed by atoms with Crippen LogP contribution in [0.3, 0.4) is 0 Å². The average Bonchev–Trinajstić information content (AvgIpc) is 3.46. The molecule has 10 nitrogen and oxygen atoms in total. The lowest BCUT2D eigenvalue weighted by Crippen LogP contribution is -2.57. The van der Waals surface area contributed by atoms with Crippen molar-refractivity contribution in [1.29, 1.82) is 0 Å². The first-order valence-corrected chi connectivity index (χ1v) is 14.8. The average molecular weight is 610 g/mol. The number of aromatic nitrogens is 2. The molecule has 3 aromatic rings. The number of carbonyl (C=O) groups is 2. The van der Waals surface area contributed by atoms with E-state index in [1.54, 1.807) is 24.5 Å². The van der Waals surface area contributed by atoms with E-state index in [9.17, 15) is 14.7 Å². The number of pyridine rings is 1. The Kier molecular flexibility index (Phi) is 11.2. The zero-order valence-electron chi connectivity index (χ0n) is 25.2. The van der Waals surface area contributed by atoms with E-state index in [2.05, 4.69) is 33.2 Å². The van der Waals surface area contributed by atoms with Gasteiger partial charge in [0.25, 0.3) is 0 Å². The molecule has 2 aliphatic heterocycles. The number of ether oxygens (including phenoxy) is 1. The summed E-state index contributed by atoms with van der Waals surface area (Å²) in [5.41, 5.74) is 4.25. The Morgan fingerprint density at radius 3 is 2.79 bits per heavy atom. The zero-order chi connectivity index (χ0) is 29.6. The maximum Gasteiger partial charge on any atom is 0.222 e. The van der Waals surface area contributed by atoms with Gasteiger partial charge >= 0.3 is 0 Å². The Balaban J connectivity index is 0.00000423. The van der Waals surface area contributed by atoms with Crippen LogP contribution >= 0.6 is 13.5 Å². The van der Waals surface area contributed by atoms with Crippen LogP contribution in [0, 0.1) is 12.8 Å². The number of likely N-dealkylation sites (tertiary alicyclic amines) is 1. The van der Waals surface area contributed by atoms with E-state index in [-0.39, 0.29) is 37.6 Å². The van der Waals surface area contributed by atoms with E-state index in [0.717, 1.165) is 30.8 Å². The number of nitrogens with zero attached hydrogens (tertiary/aromatic N) is 4. The molecule has 2 aromatic heterocycles. The SMILES string of the molecule is Cc1c(OCc2cnco2)ccc2c1CCN(C[C@@H](O)CCC(=O)c1ccnc(NC3CN(C(=O)CC(C)C)C3)c1)C2.S. The molecule has 232 valence electrons. The minimum atomic E-state index is -0.593. The second kappa shape index (κ2) is 14.9. The smallest absolute Gasteiger partial charge is 0.222 e. The molecule has 1 saturated heterocycles. The lowest BCUT2D eigenvalue weighted by atomic mass is 9.94. The summed E-state index contributed by atoms with van der Waals surface area (Å²) < 4.78 is 11.2. The second-order valence-corrected chi connectivity index (χ2v) is 11.9. The third-order valence-corrected chi connectivity index (χ3v) is 8.00. The molecule has 0 spiro atoms. The quantitative estimate of drug-likeness (QED) is 0.276. The molecule has 0 unspecified atom stereocenters. The Morgan fingerprint density at radius 2 is 2.05 bits per heavy atom. The van der Waals surface area contributed by atoms with Crippen molar-refractivity contribution >= 4 is 31.0 Å². The first kappa shape index (κ1) is 32.5. The van der Waals surface area contributed by atoms with E-state index in [1.165, 1.54) is 17.5 Å². The molecule has 1 atom stereocenters. The summed E-state index contributed by atoms with van der Waals surface area (Å²) in [5.74, 6) is 2.68. The van der Waals surface area contributed by atoms with E-state index in [0.29, 0.717) is 62.1 Å². The summed E-state index contributed by atoms with van der Waals surface area (Å²) in [5, 5.41) is 14.1. The van der Waals surface area contributed by atoms with Gasteiger partial charge in [-0.2, -0.15) is 13.5 Å². The first-order chi connectivity index (χ1) is 20.2. The fourth-order valence-electron chi connectivity index (χ4n) is 5.63. The molecule has 1 amide bonds. The van der Waals surface area contributed by atoms with Gasteiger partial charge in [0.1, 0.15) is 18.2 Å². The van der Waals surface area contributed by atoms with E-state index >= 15 is 0 Å². The molecular formula is C32H43N5O5S. The molecule has 0 aliphatic carbocycles. The molecule has 43 heavy (non-hydrogen) atoms. The van der Waals surface area contributed by atoms with Crippen LogP contribution < -0.4 is 10.1 Å². The minimum absolute atomic E-state index is 0. The number of nitrogens with one attached hydrogen (secondary N) is 1. The first-order valence-electron chi connectivity index (χ1n) is 14.8. The number of anilines is 1. The Bertz CT molecular complexity index is 1380. The molecule has 1 aromatic carbocycles. The van der Waals surface area contributed by atoms with Crippen LogP contribution in [0.1, 0.15) is 65.9 Å². The summed E-state index contributed by atoms with van der Waals surface area (Å²) in [6.07, 6.45) is 6.19. The lowest BCUT2D eigenvalue weighted by molar-refractivity contribution is -0.135. The van der Waals surface area contributed by atoms with Crippen molar-refractivity contribution in [2.45, 2.75) is 71.8 Å². The van der Waals surface area contributed by atoms with Gasteiger partial charge in [0, 0.05) is 57.3 Å². The van der Waals surface area contributed by atoms with E-state index in [1.807, 2.05) is 24.8 Å². The van der Waals surface area contributed by atoms with Crippen molar-refractivity contribution < 1.29 is 23.8 Å². The van der Waals surface area contributed by atoms with Gasteiger partial charge in [-0.1, -0.05) is 19.9 Å². The predicted molar refractivity (Wildman–Crippen MR) is 169 cm³/mol. The molecule has 0 saturated carbocycles. The molecule has 2 N–H and O–H groups in total. The van der Waals surface area contributed by atoms with Gasteiger partial charge < -0.3 is 24.5 Å². The third kappa shape index (κ3) is 8.58. The highest BCUT2D eigenvalue weighted by atomic mass is 32.1. The fourth-order valence-corrected chi connectivity index (χ4v) is 5.63. The highest BCUT2D eigenvalue weighted by molar-refractivity contribution is 7.59. The Hall–Kier alpha value is -3.41. The molecule has 11 heteroatoms. The molecule has 2 aliphatic rings. The number of carbonyl (C=O) groups excluding carboxylic acids is 2. The topological polar surface area (TPSA) is 121 Å². The molecular weight excluding hydrogens is 566 g/mol. The molecule has 1 fully saturated rings. The van der Waals surface area contributed by atoms with Crippen molar-refractivity contribution in [3.8, 4) is 5.75 Å². The van der Waals surface area contributed by atoms with Crippen LogP contribution in [0.2, 0.25) is 0 Å². The van der Waals surface area contributed by atoms with Gasteiger partial charge in [-0.3, -0.25) is 14.5 Å². The zero-order valence-corrected chi connectivity index (χ0v) is 26.2. The van der Waals surface area contributed by atoms with Crippen LogP contribution in [0.5, 0.6) is 5.75 Å². The number of Topliss-reactive ketones (excluding diaryl/α,β-unsaturated/α-hetero) is 1. The minimum Gasteiger partial charge on any atom is -0.485 e. The third-order valence-electron chi connectivity index (χ3n) is 8.00. The number of aliphatic hydroxyl groups is 1. The summed E-state index contributed by atoms with van der Waals surface area (Å²) >= 11 is 0. The number of aliphatic hydroxyl groups excluding tert-OH is 1. The van der Waals surface area contributed by atoms with Gasteiger partial charge in [0.2, 0.25) is 5.91 Å². The van der Waals surface area contributed by atoms with Gasteiger partial charge in [-0.25, -0.2) is 9.97 Å². The molecule has 0 bridgehead atoms. The van der Waals surface area contributed by atoms with Crippen LogP contribution in [-0.2, 0) is 24.4 Å². The second-order valence-electron chi connectivity index (χ2n) is 11.9. The number of amides is 1. The normalized spacial score (nSPS) is 15.8. The summed E-state index contributed by atoms with van der Waals surface area (Å²) in [4.78, 5) is 37.5. The van der Waals surface area contributed by atoms with Gasteiger partial charge in [0.15, 0.2) is 17.9 Å². The Labute approximate surface area is 260 Å². The van der Waals surface area contributed by atoms with E-state index in [4.69, 9.17) is 9.15 Å². The number of benzene rings is 1. The molecule has 4 heterocycles. The number of hydrogen-bond donors (Lipinski definition) is 2.